The summed E-state index contributed by atoms with van der Waals surface area (Å²) in [6.45, 7) is 4.75. The van der Waals surface area contributed by atoms with Crippen LogP contribution >= 0.6 is 22.6 Å². The average molecular weight is 329 g/mol. The van der Waals surface area contributed by atoms with Gasteiger partial charge in [0, 0.05) is 15.3 Å². The van der Waals surface area contributed by atoms with Gasteiger partial charge >= 0.3 is 0 Å². The van der Waals surface area contributed by atoms with Gasteiger partial charge in [0.25, 0.3) is 0 Å². The minimum atomic E-state index is 0.645. The van der Waals surface area contributed by atoms with E-state index in [2.05, 4.69) is 66.0 Å². The lowest BCUT2D eigenvalue weighted by molar-refractivity contribution is 0.268. The molecule has 0 amide bonds. The molecule has 1 N–H and O–H groups in total. The molecule has 0 radical (unpaired) electrons. The molecule has 1 fully saturated rings. The Morgan fingerprint density at radius 3 is 2.50 bits per heavy atom. The SMILES string of the molecule is CC1CCCC(C)C1Nc1cccc(I)c1. The van der Waals surface area contributed by atoms with Crippen LogP contribution in [0.5, 0.6) is 0 Å². The van der Waals surface area contributed by atoms with Crippen molar-refractivity contribution in [1.82, 2.24) is 0 Å². The molecule has 0 spiro atoms. The van der Waals surface area contributed by atoms with Gasteiger partial charge < -0.3 is 5.32 Å². The van der Waals surface area contributed by atoms with E-state index in [9.17, 15) is 0 Å². The minimum Gasteiger partial charge on any atom is -0.382 e. The normalized spacial score (nSPS) is 30.1. The lowest BCUT2D eigenvalue weighted by Crippen LogP contribution is -2.37. The third-order valence-corrected chi connectivity index (χ3v) is 4.37. The van der Waals surface area contributed by atoms with Crippen LogP contribution in [0.25, 0.3) is 0 Å². The van der Waals surface area contributed by atoms with Crippen LogP contribution in [0.4, 0.5) is 5.69 Å². The Balaban J connectivity index is 2.07. The first-order valence-electron chi connectivity index (χ1n) is 6.19. The Morgan fingerprint density at radius 2 is 1.88 bits per heavy atom. The standard InChI is InChI=1S/C14H20IN/c1-10-5-3-6-11(2)14(10)16-13-8-4-7-12(15)9-13/h4,7-11,14,16H,3,5-6H2,1-2H3. The lowest BCUT2D eigenvalue weighted by Gasteiger charge is -2.36. The highest BCUT2D eigenvalue weighted by atomic mass is 127. The van der Waals surface area contributed by atoms with Crippen molar-refractivity contribution in [3.05, 3.63) is 27.8 Å². The summed E-state index contributed by atoms with van der Waals surface area (Å²) < 4.78 is 1.30. The van der Waals surface area contributed by atoms with Gasteiger partial charge in [0.05, 0.1) is 0 Å². The number of rotatable bonds is 2. The smallest absolute Gasteiger partial charge is 0.0353 e. The molecule has 0 saturated heterocycles. The van der Waals surface area contributed by atoms with Crippen LogP contribution in [0.1, 0.15) is 33.1 Å². The molecule has 1 aromatic rings. The Morgan fingerprint density at radius 1 is 1.19 bits per heavy atom. The Bertz CT molecular complexity index is 340. The molecule has 2 heteroatoms. The average Bonchev–Trinajstić information content (AvgIpc) is 2.24. The fraction of sp³-hybridized carbons (Fsp3) is 0.571. The molecule has 1 aromatic carbocycles. The summed E-state index contributed by atoms with van der Waals surface area (Å²) in [5.41, 5.74) is 1.28. The second-order valence-electron chi connectivity index (χ2n) is 5.07. The van der Waals surface area contributed by atoms with E-state index in [1.54, 1.807) is 0 Å². The maximum Gasteiger partial charge on any atom is 0.0353 e. The van der Waals surface area contributed by atoms with Gasteiger partial charge in [-0.2, -0.15) is 0 Å². The molecule has 2 unspecified atom stereocenters. The molecule has 1 aliphatic rings. The number of hydrogen-bond donors (Lipinski definition) is 1. The van der Waals surface area contributed by atoms with Gasteiger partial charge in [-0.25, -0.2) is 0 Å². The van der Waals surface area contributed by atoms with Crippen molar-refractivity contribution in [1.29, 1.82) is 0 Å². The van der Waals surface area contributed by atoms with Gasteiger partial charge in [-0.05, 0) is 65.5 Å². The quantitative estimate of drug-likeness (QED) is 0.786. The van der Waals surface area contributed by atoms with Crippen LogP contribution in [0, 0.1) is 15.4 Å². The summed E-state index contributed by atoms with van der Waals surface area (Å²) >= 11 is 2.37. The fourth-order valence-electron chi connectivity index (χ4n) is 2.74. The van der Waals surface area contributed by atoms with Crippen molar-refractivity contribution in [3.63, 3.8) is 0 Å². The van der Waals surface area contributed by atoms with Crippen LogP contribution in [-0.4, -0.2) is 6.04 Å². The first kappa shape index (κ1) is 12.2. The molecular weight excluding hydrogens is 309 g/mol. The van der Waals surface area contributed by atoms with Crippen molar-refractivity contribution in [2.45, 2.75) is 39.2 Å². The summed E-state index contributed by atoms with van der Waals surface area (Å²) in [6.07, 6.45) is 4.13. The van der Waals surface area contributed by atoms with E-state index in [0.717, 1.165) is 11.8 Å². The van der Waals surface area contributed by atoms with Crippen molar-refractivity contribution in [2.24, 2.45) is 11.8 Å². The fourth-order valence-corrected chi connectivity index (χ4v) is 3.28. The van der Waals surface area contributed by atoms with E-state index in [0.29, 0.717) is 6.04 Å². The van der Waals surface area contributed by atoms with Crippen LogP contribution < -0.4 is 5.32 Å². The number of benzene rings is 1. The van der Waals surface area contributed by atoms with Crippen molar-refractivity contribution in [2.75, 3.05) is 5.32 Å². The second-order valence-corrected chi connectivity index (χ2v) is 6.31. The Labute approximate surface area is 112 Å². The number of nitrogens with one attached hydrogen (secondary N) is 1. The highest BCUT2D eigenvalue weighted by Gasteiger charge is 2.27. The summed E-state index contributed by atoms with van der Waals surface area (Å²) in [6, 6.07) is 9.32. The van der Waals surface area contributed by atoms with Crippen molar-refractivity contribution in [3.8, 4) is 0 Å². The van der Waals surface area contributed by atoms with Crippen LogP contribution in [0.15, 0.2) is 24.3 Å². The first-order chi connectivity index (χ1) is 7.66. The molecule has 1 nitrogen and oxygen atoms in total. The zero-order valence-corrected chi connectivity index (χ0v) is 12.2. The molecular formula is C14H20IN. The molecule has 1 aliphatic carbocycles. The highest BCUT2D eigenvalue weighted by Crippen LogP contribution is 2.31. The van der Waals surface area contributed by atoms with Crippen LogP contribution in [0.2, 0.25) is 0 Å². The van der Waals surface area contributed by atoms with E-state index in [4.69, 9.17) is 0 Å². The molecule has 88 valence electrons. The predicted molar refractivity (Wildman–Crippen MR) is 78.7 cm³/mol. The van der Waals surface area contributed by atoms with Crippen LogP contribution in [0.3, 0.4) is 0 Å². The van der Waals surface area contributed by atoms with Gasteiger partial charge in [0.15, 0.2) is 0 Å². The monoisotopic (exact) mass is 329 g/mol. The molecule has 0 bridgehead atoms. The summed E-state index contributed by atoms with van der Waals surface area (Å²) in [5.74, 6) is 1.59. The molecule has 0 aromatic heterocycles. The Hall–Kier alpha value is -0.250. The molecule has 0 heterocycles. The lowest BCUT2D eigenvalue weighted by atomic mass is 9.78. The van der Waals surface area contributed by atoms with E-state index < -0.39 is 0 Å². The summed E-state index contributed by atoms with van der Waals surface area (Å²) in [5, 5.41) is 3.72. The molecule has 2 rings (SSSR count). The first-order valence-corrected chi connectivity index (χ1v) is 7.27. The minimum absolute atomic E-state index is 0.645. The maximum atomic E-state index is 3.72. The van der Waals surface area contributed by atoms with Crippen LogP contribution in [-0.2, 0) is 0 Å². The third-order valence-electron chi connectivity index (χ3n) is 3.70. The largest absolute Gasteiger partial charge is 0.382 e. The number of hydrogen-bond acceptors (Lipinski definition) is 1. The zero-order chi connectivity index (χ0) is 11.5. The van der Waals surface area contributed by atoms with E-state index >= 15 is 0 Å². The van der Waals surface area contributed by atoms with Gasteiger partial charge in [0.2, 0.25) is 0 Å². The summed E-state index contributed by atoms with van der Waals surface area (Å²) in [4.78, 5) is 0. The highest BCUT2D eigenvalue weighted by molar-refractivity contribution is 14.1. The third kappa shape index (κ3) is 2.90. The van der Waals surface area contributed by atoms with E-state index in [1.807, 2.05) is 0 Å². The second kappa shape index (κ2) is 5.39. The van der Waals surface area contributed by atoms with Gasteiger partial charge in [-0.15, -0.1) is 0 Å². The maximum absolute atomic E-state index is 3.72. The zero-order valence-electron chi connectivity index (χ0n) is 10.0. The molecule has 2 atom stereocenters. The number of halogens is 1. The summed E-state index contributed by atoms with van der Waals surface area (Å²) in [7, 11) is 0. The van der Waals surface area contributed by atoms with Crippen molar-refractivity contribution >= 4 is 28.3 Å². The predicted octanol–water partition coefficient (Wildman–Crippen LogP) is 4.53. The van der Waals surface area contributed by atoms with Gasteiger partial charge in [-0.1, -0.05) is 26.3 Å². The van der Waals surface area contributed by atoms with E-state index in [-0.39, 0.29) is 0 Å². The number of anilines is 1. The molecule has 16 heavy (non-hydrogen) atoms. The van der Waals surface area contributed by atoms with Gasteiger partial charge in [0.1, 0.15) is 0 Å². The van der Waals surface area contributed by atoms with Gasteiger partial charge in [-0.3, -0.25) is 0 Å². The topological polar surface area (TPSA) is 12.0 Å². The molecule has 1 saturated carbocycles. The molecule has 0 aliphatic heterocycles. The van der Waals surface area contributed by atoms with Crippen molar-refractivity contribution < 1.29 is 0 Å². The Kier molecular flexibility index (Phi) is 4.11. The van der Waals surface area contributed by atoms with E-state index in [1.165, 1.54) is 28.5 Å².